The summed E-state index contributed by atoms with van der Waals surface area (Å²) in [5, 5.41) is 18.3. The first-order chi connectivity index (χ1) is 25.7. The van der Waals surface area contributed by atoms with Crippen LogP contribution in [0.4, 0.5) is 0 Å². The van der Waals surface area contributed by atoms with Crippen LogP contribution in [0.1, 0.15) is 167 Å². The summed E-state index contributed by atoms with van der Waals surface area (Å²) in [6.07, 6.45) is 38.3. The van der Waals surface area contributed by atoms with Gasteiger partial charge in [-0.1, -0.05) is 139 Å². The topological polar surface area (TPSA) is 149 Å². The highest BCUT2D eigenvalue weighted by molar-refractivity contribution is 7.47. The van der Waals surface area contributed by atoms with E-state index >= 15 is 0 Å². The van der Waals surface area contributed by atoms with Gasteiger partial charge < -0.3 is 24.6 Å². The third-order valence-electron chi connectivity index (χ3n) is 8.61. The van der Waals surface area contributed by atoms with E-state index in [4.69, 9.17) is 19.1 Å². The van der Waals surface area contributed by atoms with Gasteiger partial charge in [-0.15, -0.1) is 6.58 Å². The third kappa shape index (κ3) is 38.0. The van der Waals surface area contributed by atoms with E-state index in [1.165, 1.54) is 57.8 Å². The van der Waals surface area contributed by atoms with Crippen molar-refractivity contribution in [3.05, 3.63) is 49.1 Å². The average molecular weight is 771 g/mol. The SMILES string of the molecule is C=CCCCCCCCCCCCCCCCC(=O)OC[C@H](COP(=O)(O)OC[C@@H](O)CO)OC(=O)CCCCCCC/C=C/C/C=C/C/C=C/CC. The van der Waals surface area contributed by atoms with Crippen LogP contribution in [0.3, 0.4) is 0 Å². The van der Waals surface area contributed by atoms with Crippen molar-refractivity contribution in [1.29, 1.82) is 0 Å². The lowest BCUT2D eigenvalue weighted by molar-refractivity contribution is -0.161. The maximum Gasteiger partial charge on any atom is 0.472 e. The molecule has 3 atom stereocenters. The summed E-state index contributed by atoms with van der Waals surface area (Å²) in [4.78, 5) is 34.9. The lowest BCUT2D eigenvalue weighted by atomic mass is 10.0. The van der Waals surface area contributed by atoms with E-state index < -0.39 is 51.8 Å². The molecule has 0 aromatic carbocycles. The molecule has 0 aliphatic heterocycles. The second kappa shape index (κ2) is 38.2. The summed E-state index contributed by atoms with van der Waals surface area (Å²) in [5.74, 6) is -0.948. The summed E-state index contributed by atoms with van der Waals surface area (Å²) >= 11 is 0. The predicted molar refractivity (Wildman–Crippen MR) is 214 cm³/mol. The van der Waals surface area contributed by atoms with Crippen molar-refractivity contribution in [3.8, 4) is 0 Å². The van der Waals surface area contributed by atoms with Gasteiger partial charge in [-0.3, -0.25) is 18.6 Å². The number of rotatable bonds is 39. The molecular formula is C42H75O10P. The number of phosphoric ester groups is 1. The second-order valence-corrected chi connectivity index (χ2v) is 15.2. The number of phosphoric acid groups is 1. The molecule has 308 valence electrons. The molecule has 1 unspecified atom stereocenters. The van der Waals surface area contributed by atoms with Crippen molar-refractivity contribution >= 4 is 19.8 Å². The van der Waals surface area contributed by atoms with Crippen LogP contribution in [0.5, 0.6) is 0 Å². The maximum absolute atomic E-state index is 12.6. The van der Waals surface area contributed by atoms with E-state index in [0.29, 0.717) is 12.8 Å². The van der Waals surface area contributed by atoms with Crippen molar-refractivity contribution in [3.63, 3.8) is 0 Å². The Morgan fingerprint density at radius 2 is 1.08 bits per heavy atom. The third-order valence-corrected chi connectivity index (χ3v) is 9.56. The smallest absolute Gasteiger partial charge is 0.462 e. The van der Waals surface area contributed by atoms with Crippen molar-refractivity contribution in [2.75, 3.05) is 26.4 Å². The zero-order valence-electron chi connectivity index (χ0n) is 33.1. The number of hydrogen-bond acceptors (Lipinski definition) is 9. The zero-order valence-corrected chi connectivity index (χ0v) is 34.0. The fourth-order valence-corrected chi connectivity index (χ4v) is 6.25. The summed E-state index contributed by atoms with van der Waals surface area (Å²) in [6, 6.07) is 0. The fraction of sp³-hybridized carbons (Fsp3) is 0.762. The van der Waals surface area contributed by atoms with E-state index in [1.807, 2.05) is 6.08 Å². The summed E-state index contributed by atoms with van der Waals surface area (Å²) < 4.78 is 32.6. The minimum atomic E-state index is -4.62. The highest BCUT2D eigenvalue weighted by Gasteiger charge is 2.27. The molecule has 0 spiro atoms. The Bertz CT molecular complexity index is 1010. The van der Waals surface area contributed by atoms with Crippen LogP contribution in [-0.2, 0) is 32.7 Å². The Kier molecular flexibility index (Phi) is 36.7. The molecule has 3 N–H and O–H groups in total. The molecule has 0 aliphatic carbocycles. The van der Waals surface area contributed by atoms with E-state index in [1.54, 1.807) is 0 Å². The molecule has 0 saturated heterocycles. The predicted octanol–water partition coefficient (Wildman–Crippen LogP) is 10.6. The standard InChI is InChI=1S/C42H75O10P/c1-3-5-7-9-11-13-15-17-19-21-23-25-27-29-31-33-41(45)49-37-40(38-51-53(47,48)50-36-39(44)35-43)52-42(46)34-32-30-28-26-24-22-20-18-16-14-12-10-8-6-4-2/h3,6,8,12,14,18,20,39-40,43-44H,1,4-5,7,9-11,13,15-17,19,21-38H2,2H3,(H,47,48)/b8-6+,14-12+,20-18+/t39-,40+/m0/s1. The first-order valence-electron chi connectivity index (χ1n) is 20.6. The first kappa shape index (κ1) is 50.9. The van der Waals surface area contributed by atoms with Crippen molar-refractivity contribution in [1.82, 2.24) is 0 Å². The van der Waals surface area contributed by atoms with E-state index in [0.717, 1.165) is 77.0 Å². The number of hydrogen-bond donors (Lipinski definition) is 3. The fourth-order valence-electron chi connectivity index (χ4n) is 5.46. The van der Waals surface area contributed by atoms with Crippen LogP contribution >= 0.6 is 7.82 Å². The number of esters is 2. The molecule has 0 saturated carbocycles. The number of unbranched alkanes of at least 4 members (excludes halogenated alkanes) is 18. The minimum Gasteiger partial charge on any atom is -0.462 e. The second-order valence-electron chi connectivity index (χ2n) is 13.7. The number of aliphatic hydroxyl groups excluding tert-OH is 2. The molecule has 0 aromatic rings. The van der Waals surface area contributed by atoms with E-state index in [-0.39, 0.29) is 19.4 Å². The van der Waals surface area contributed by atoms with E-state index in [2.05, 4.69) is 54.5 Å². The maximum atomic E-state index is 12.6. The summed E-state index contributed by atoms with van der Waals surface area (Å²) in [6.45, 7) is 3.76. The molecule has 10 nitrogen and oxygen atoms in total. The molecule has 0 amide bonds. The molecule has 0 rings (SSSR count). The number of ether oxygens (including phenoxy) is 2. The van der Waals surface area contributed by atoms with Gasteiger partial charge >= 0.3 is 19.8 Å². The van der Waals surface area contributed by atoms with Gasteiger partial charge in [0.15, 0.2) is 6.10 Å². The minimum absolute atomic E-state index is 0.163. The molecule has 53 heavy (non-hydrogen) atoms. The Balaban J connectivity index is 4.33. The lowest BCUT2D eigenvalue weighted by Gasteiger charge is -2.20. The highest BCUT2D eigenvalue weighted by Crippen LogP contribution is 2.43. The largest absolute Gasteiger partial charge is 0.472 e. The Hall–Kier alpha value is -2.07. The molecule has 0 radical (unpaired) electrons. The van der Waals surface area contributed by atoms with Crippen LogP contribution in [0, 0.1) is 0 Å². The lowest BCUT2D eigenvalue weighted by Crippen LogP contribution is -2.29. The van der Waals surface area contributed by atoms with Gasteiger partial charge in [0, 0.05) is 12.8 Å². The van der Waals surface area contributed by atoms with Gasteiger partial charge in [0.1, 0.15) is 12.7 Å². The molecule has 11 heteroatoms. The molecular weight excluding hydrogens is 695 g/mol. The van der Waals surface area contributed by atoms with Gasteiger partial charge in [-0.2, -0.15) is 0 Å². The Morgan fingerprint density at radius 1 is 0.623 bits per heavy atom. The van der Waals surface area contributed by atoms with Crippen molar-refractivity contribution in [2.45, 2.75) is 180 Å². The molecule has 0 bridgehead atoms. The van der Waals surface area contributed by atoms with Gasteiger partial charge in [0.05, 0.1) is 19.8 Å². The number of aliphatic hydroxyl groups is 2. The summed E-state index contributed by atoms with van der Waals surface area (Å²) in [7, 11) is -4.62. The van der Waals surface area contributed by atoms with Crippen LogP contribution in [0.25, 0.3) is 0 Å². The molecule has 0 aromatic heterocycles. The zero-order chi connectivity index (χ0) is 39.1. The van der Waals surface area contributed by atoms with Gasteiger partial charge in [-0.05, 0) is 57.8 Å². The van der Waals surface area contributed by atoms with Gasteiger partial charge in [-0.25, -0.2) is 4.57 Å². The van der Waals surface area contributed by atoms with Gasteiger partial charge in [0.2, 0.25) is 0 Å². The van der Waals surface area contributed by atoms with Crippen LogP contribution < -0.4 is 0 Å². The van der Waals surface area contributed by atoms with Crippen LogP contribution in [0.15, 0.2) is 49.1 Å². The quantitative estimate of drug-likeness (QED) is 0.0239. The molecule has 0 aliphatic rings. The van der Waals surface area contributed by atoms with Crippen molar-refractivity contribution < 1.29 is 47.8 Å². The van der Waals surface area contributed by atoms with Crippen LogP contribution in [0.2, 0.25) is 0 Å². The van der Waals surface area contributed by atoms with Gasteiger partial charge in [0.25, 0.3) is 0 Å². The summed E-state index contributed by atoms with van der Waals surface area (Å²) in [5.41, 5.74) is 0. The number of allylic oxidation sites excluding steroid dienone is 7. The Morgan fingerprint density at radius 3 is 1.60 bits per heavy atom. The Labute approximate surface area is 322 Å². The number of carbonyl (C=O) groups is 2. The first-order valence-corrected chi connectivity index (χ1v) is 22.0. The normalized spacial score (nSPS) is 14.2. The molecule has 0 heterocycles. The highest BCUT2D eigenvalue weighted by atomic mass is 31.2. The average Bonchev–Trinajstić information content (AvgIpc) is 3.14. The number of carbonyl (C=O) groups excluding carboxylic acids is 2. The van der Waals surface area contributed by atoms with Crippen LogP contribution in [-0.4, -0.2) is 65.7 Å². The van der Waals surface area contributed by atoms with Crippen molar-refractivity contribution in [2.24, 2.45) is 0 Å². The monoisotopic (exact) mass is 771 g/mol. The van der Waals surface area contributed by atoms with E-state index in [9.17, 15) is 24.2 Å². The molecule has 0 fully saturated rings.